The van der Waals surface area contributed by atoms with E-state index in [-0.39, 0.29) is 17.5 Å². The van der Waals surface area contributed by atoms with Gasteiger partial charge in [-0.25, -0.2) is 4.39 Å². The number of nitrogens with one attached hydrogen (secondary N) is 2. The molecule has 0 aliphatic heterocycles. The summed E-state index contributed by atoms with van der Waals surface area (Å²) >= 11 is 1.35. The van der Waals surface area contributed by atoms with Gasteiger partial charge in [-0.15, -0.1) is 11.8 Å². The summed E-state index contributed by atoms with van der Waals surface area (Å²) in [6.07, 6.45) is 0.550. The van der Waals surface area contributed by atoms with Crippen molar-refractivity contribution in [3.63, 3.8) is 0 Å². The van der Waals surface area contributed by atoms with E-state index < -0.39 is 16.0 Å². The fourth-order valence-corrected chi connectivity index (χ4v) is 4.07. The zero-order valence-corrected chi connectivity index (χ0v) is 18.8. The number of hydrogen-bond acceptors (Lipinski definition) is 5. The second-order valence-electron chi connectivity index (χ2n) is 7.25. The maximum absolute atomic E-state index is 13.1. The molecule has 2 amide bonds. The maximum Gasteiger partial charge on any atom is 0.269 e. The van der Waals surface area contributed by atoms with Crippen LogP contribution in [0.2, 0.25) is 0 Å². The van der Waals surface area contributed by atoms with Gasteiger partial charge in [0, 0.05) is 34.0 Å². The summed E-state index contributed by atoms with van der Waals surface area (Å²) in [6.45, 7) is 3.59. The number of anilines is 2. The van der Waals surface area contributed by atoms with E-state index in [2.05, 4.69) is 10.6 Å². The van der Waals surface area contributed by atoms with E-state index in [0.717, 1.165) is 4.90 Å². The van der Waals surface area contributed by atoms with Crippen molar-refractivity contribution in [3.8, 4) is 0 Å². The molecule has 0 aliphatic rings. The number of non-ortho nitro benzene ring substituents is 1. The van der Waals surface area contributed by atoms with Gasteiger partial charge >= 0.3 is 0 Å². The zero-order chi connectivity index (χ0) is 24.0. The van der Waals surface area contributed by atoms with Gasteiger partial charge in [-0.2, -0.15) is 0 Å². The highest BCUT2D eigenvalue weighted by molar-refractivity contribution is 8.00. The van der Waals surface area contributed by atoms with Gasteiger partial charge in [-0.3, -0.25) is 19.7 Å². The van der Waals surface area contributed by atoms with Crippen LogP contribution in [0.4, 0.5) is 21.5 Å². The molecule has 3 aromatic rings. The monoisotopic (exact) mass is 467 g/mol. The third-order valence-electron chi connectivity index (χ3n) is 4.82. The fraction of sp³-hybridized carbons (Fsp3) is 0.167. The topological polar surface area (TPSA) is 101 Å². The number of nitro groups is 1. The Morgan fingerprint density at radius 3 is 2.42 bits per heavy atom. The Bertz CT molecular complexity index is 1180. The molecule has 0 aliphatic carbocycles. The predicted molar refractivity (Wildman–Crippen MR) is 127 cm³/mol. The Balaban J connectivity index is 1.67. The van der Waals surface area contributed by atoms with Crippen molar-refractivity contribution in [1.82, 2.24) is 0 Å². The molecule has 0 fully saturated rings. The molecule has 0 heterocycles. The lowest BCUT2D eigenvalue weighted by Gasteiger charge is -2.16. The summed E-state index contributed by atoms with van der Waals surface area (Å²) in [5.41, 5.74) is 1.97. The molecule has 9 heteroatoms. The van der Waals surface area contributed by atoms with E-state index in [1.165, 1.54) is 54.2 Å². The molecule has 33 heavy (non-hydrogen) atoms. The summed E-state index contributed by atoms with van der Waals surface area (Å²) in [6, 6.07) is 16.6. The fourth-order valence-electron chi connectivity index (χ4n) is 3.05. The number of hydrogen-bond donors (Lipinski definition) is 2. The number of nitro benzene ring substituents is 1. The minimum atomic E-state index is -0.481. The number of rotatable bonds is 8. The van der Waals surface area contributed by atoms with Gasteiger partial charge in [0.05, 0.1) is 10.2 Å². The van der Waals surface area contributed by atoms with E-state index >= 15 is 0 Å². The van der Waals surface area contributed by atoms with Crippen LogP contribution < -0.4 is 10.6 Å². The third-order valence-corrected chi connectivity index (χ3v) is 6.18. The van der Waals surface area contributed by atoms with E-state index in [9.17, 15) is 24.1 Å². The Labute approximate surface area is 194 Å². The second kappa shape index (κ2) is 10.7. The van der Waals surface area contributed by atoms with Crippen molar-refractivity contribution >= 4 is 40.6 Å². The molecule has 0 bridgehead atoms. The highest BCUT2D eigenvalue weighted by atomic mass is 32.2. The van der Waals surface area contributed by atoms with Crippen molar-refractivity contribution in [2.24, 2.45) is 0 Å². The van der Waals surface area contributed by atoms with Crippen LogP contribution in [0.3, 0.4) is 0 Å². The lowest BCUT2D eigenvalue weighted by atomic mass is 10.1. The highest BCUT2D eigenvalue weighted by Gasteiger charge is 2.20. The number of halogens is 1. The number of thioether (sulfide) groups is 1. The van der Waals surface area contributed by atoms with Crippen LogP contribution in [0.25, 0.3) is 0 Å². The van der Waals surface area contributed by atoms with Gasteiger partial charge in [-0.1, -0.05) is 13.0 Å². The van der Waals surface area contributed by atoms with Gasteiger partial charge in [0.25, 0.3) is 11.6 Å². The molecule has 0 saturated carbocycles. The van der Waals surface area contributed by atoms with E-state index in [1.807, 2.05) is 13.0 Å². The molecular formula is C24H22FN3O4S. The number of carbonyl (C=O) groups excluding carboxylic acids is 2. The lowest BCUT2D eigenvalue weighted by molar-refractivity contribution is -0.384. The smallest absolute Gasteiger partial charge is 0.269 e. The van der Waals surface area contributed by atoms with E-state index in [0.29, 0.717) is 28.9 Å². The molecule has 0 aromatic heterocycles. The first-order chi connectivity index (χ1) is 15.8. The van der Waals surface area contributed by atoms with Crippen LogP contribution in [-0.2, 0) is 4.79 Å². The normalized spacial score (nSPS) is 11.5. The maximum atomic E-state index is 13.1. The summed E-state index contributed by atoms with van der Waals surface area (Å²) in [7, 11) is 0. The molecule has 0 saturated heterocycles. The van der Waals surface area contributed by atoms with Crippen LogP contribution in [0.15, 0.2) is 71.6 Å². The molecule has 0 spiro atoms. The Hall–Kier alpha value is -3.72. The van der Waals surface area contributed by atoms with Crippen molar-refractivity contribution in [1.29, 1.82) is 0 Å². The van der Waals surface area contributed by atoms with Crippen molar-refractivity contribution in [2.45, 2.75) is 30.4 Å². The van der Waals surface area contributed by atoms with Crippen LogP contribution in [0.1, 0.15) is 29.3 Å². The number of amides is 2. The van der Waals surface area contributed by atoms with Crippen molar-refractivity contribution in [3.05, 3.63) is 93.8 Å². The largest absolute Gasteiger partial charge is 0.325 e. The summed E-state index contributed by atoms with van der Waals surface area (Å²) in [5, 5.41) is 16.1. The van der Waals surface area contributed by atoms with Gasteiger partial charge in [0.2, 0.25) is 5.91 Å². The average molecular weight is 468 g/mol. The van der Waals surface area contributed by atoms with Crippen LogP contribution >= 0.6 is 11.8 Å². The van der Waals surface area contributed by atoms with Crippen LogP contribution in [0, 0.1) is 22.9 Å². The highest BCUT2D eigenvalue weighted by Crippen LogP contribution is 2.29. The van der Waals surface area contributed by atoms with E-state index in [1.54, 1.807) is 25.1 Å². The first-order valence-electron chi connectivity index (χ1n) is 10.2. The molecule has 1 atom stereocenters. The molecule has 1 unspecified atom stereocenters. The van der Waals surface area contributed by atoms with Crippen molar-refractivity contribution < 1.29 is 18.9 Å². The van der Waals surface area contributed by atoms with Gasteiger partial charge in [-0.05, 0) is 67.4 Å². The summed E-state index contributed by atoms with van der Waals surface area (Å²) in [5.74, 6) is -1.01. The zero-order valence-electron chi connectivity index (χ0n) is 18.0. The minimum absolute atomic E-state index is 0.0357. The van der Waals surface area contributed by atoms with Gasteiger partial charge in [0.1, 0.15) is 5.82 Å². The SMILES string of the molecule is CCC(Sc1cccc(NC(=O)c2ccc(F)cc2)c1)C(=O)Nc1ccc([N+](=O)[O-])cc1C. The van der Waals surface area contributed by atoms with E-state index in [4.69, 9.17) is 0 Å². The summed E-state index contributed by atoms with van der Waals surface area (Å²) in [4.78, 5) is 36.4. The average Bonchev–Trinajstić information content (AvgIpc) is 2.79. The molecular weight excluding hydrogens is 445 g/mol. The van der Waals surface area contributed by atoms with Crippen LogP contribution in [-0.4, -0.2) is 22.0 Å². The lowest BCUT2D eigenvalue weighted by Crippen LogP contribution is -2.25. The Morgan fingerprint density at radius 2 is 1.79 bits per heavy atom. The molecule has 7 nitrogen and oxygen atoms in total. The van der Waals surface area contributed by atoms with Gasteiger partial charge < -0.3 is 10.6 Å². The quantitative estimate of drug-likeness (QED) is 0.248. The number of benzene rings is 3. The number of carbonyl (C=O) groups is 2. The Morgan fingerprint density at radius 1 is 1.06 bits per heavy atom. The first kappa shape index (κ1) is 23.9. The Kier molecular flexibility index (Phi) is 7.78. The molecule has 0 radical (unpaired) electrons. The van der Waals surface area contributed by atoms with Crippen molar-refractivity contribution in [2.75, 3.05) is 10.6 Å². The molecule has 3 aromatic carbocycles. The summed E-state index contributed by atoms with van der Waals surface area (Å²) < 4.78 is 13.1. The number of nitrogens with zero attached hydrogens (tertiary/aromatic N) is 1. The standard InChI is InChI=1S/C24H22FN3O4S/c1-3-22(24(30)27-21-12-11-19(28(31)32)13-15(21)2)33-20-6-4-5-18(14-20)26-23(29)16-7-9-17(25)10-8-16/h4-14,22H,3H2,1-2H3,(H,26,29)(H,27,30). The van der Waals surface area contributed by atoms with Crippen LogP contribution in [0.5, 0.6) is 0 Å². The third kappa shape index (κ3) is 6.39. The minimum Gasteiger partial charge on any atom is -0.325 e. The predicted octanol–water partition coefficient (Wildman–Crippen LogP) is 5.80. The second-order valence-corrected chi connectivity index (χ2v) is 8.53. The van der Waals surface area contributed by atoms with Gasteiger partial charge in [0.15, 0.2) is 0 Å². The molecule has 3 rings (SSSR count). The number of aryl methyl sites for hydroxylation is 1. The first-order valence-corrected chi connectivity index (χ1v) is 11.0. The molecule has 2 N–H and O–H groups in total. The molecule has 170 valence electrons.